The molecule has 5 nitrogen and oxygen atoms in total. The van der Waals surface area contributed by atoms with E-state index in [1.807, 2.05) is 14.1 Å². The largest absolute Gasteiger partial charge is 0.500 e. The van der Waals surface area contributed by atoms with Gasteiger partial charge in [-0.2, -0.15) is 0 Å². The number of hydrogen-bond donors (Lipinski definition) is 1. The molecular formula is C10H27NO4Si. The van der Waals surface area contributed by atoms with Crippen LogP contribution < -0.4 is 0 Å². The van der Waals surface area contributed by atoms with E-state index in [0.29, 0.717) is 0 Å². The van der Waals surface area contributed by atoms with E-state index in [1.54, 1.807) is 33.2 Å². The molecule has 0 aliphatic heterocycles. The standard InChI is InChI=1S/C6H16O3Si.C4H11NO/c1-5-6-10(7-2,8-3)9-4;1-4(6)5(2)3/h5-6H2,1-4H3;4,6H,1-3H3. The van der Waals surface area contributed by atoms with Crippen LogP contribution in [-0.2, 0) is 13.3 Å². The summed E-state index contributed by atoms with van der Waals surface area (Å²) in [6.45, 7) is 3.80. The summed E-state index contributed by atoms with van der Waals surface area (Å²) >= 11 is 0. The van der Waals surface area contributed by atoms with Crippen LogP contribution in [0.3, 0.4) is 0 Å². The zero-order valence-electron chi connectivity index (χ0n) is 11.6. The molecule has 0 aromatic heterocycles. The highest BCUT2D eigenvalue weighted by Gasteiger charge is 2.36. The molecule has 0 spiro atoms. The molecule has 16 heavy (non-hydrogen) atoms. The second-order valence-electron chi connectivity index (χ2n) is 3.64. The third-order valence-electron chi connectivity index (χ3n) is 2.24. The molecule has 0 aromatic carbocycles. The number of hydrogen-bond acceptors (Lipinski definition) is 5. The van der Waals surface area contributed by atoms with E-state index >= 15 is 0 Å². The molecule has 100 valence electrons. The molecule has 0 aromatic rings. The van der Waals surface area contributed by atoms with E-state index in [9.17, 15) is 0 Å². The van der Waals surface area contributed by atoms with E-state index in [1.165, 1.54) is 0 Å². The minimum atomic E-state index is -2.22. The fourth-order valence-electron chi connectivity index (χ4n) is 0.862. The van der Waals surface area contributed by atoms with E-state index < -0.39 is 8.80 Å². The lowest BCUT2D eigenvalue weighted by Crippen LogP contribution is -2.42. The van der Waals surface area contributed by atoms with E-state index in [4.69, 9.17) is 18.4 Å². The molecule has 0 saturated heterocycles. The lowest BCUT2D eigenvalue weighted by atomic mass is 10.6. The summed E-state index contributed by atoms with van der Waals surface area (Å²) < 4.78 is 15.5. The first kappa shape index (κ1) is 18.4. The van der Waals surface area contributed by atoms with Crippen LogP contribution in [0.5, 0.6) is 0 Å². The summed E-state index contributed by atoms with van der Waals surface area (Å²) in [5.41, 5.74) is 0. The average molecular weight is 253 g/mol. The maximum Gasteiger partial charge on any atom is 0.500 e. The number of aliphatic hydroxyl groups excluding tert-OH is 1. The summed E-state index contributed by atoms with van der Waals surface area (Å²) in [5, 5.41) is 8.56. The lowest BCUT2D eigenvalue weighted by molar-refractivity contribution is 0.0578. The van der Waals surface area contributed by atoms with E-state index in [0.717, 1.165) is 12.5 Å². The van der Waals surface area contributed by atoms with Gasteiger partial charge in [0, 0.05) is 27.4 Å². The van der Waals surface area contributed by atoms with Crippen LogP contribution in [0.4, 0.5) is 0 Å². The van der Waals surface area contributed by atoms with Crippen LogP contribution in [0.2, 0.25) is 6.04 Å². The van der Waals surface area contributed by atoms with Gasteiger partial charge >= 0.3 is 8.80 Å². The molecule has 0 heterocycles. The highest BCUT2D eigenvalue weighted by atomic mass is 28.4. The maximum atomic E-state index is 8.56. The Kier molecular flexibility index (Phi) is 11.7. The minimum Gasteiger partial charge on any atom is -0.379 e. The van der Waals surface area contributed by atoms with Crippen molar-refractivity contribution in [3.8, 4) is 0 Å². The second-order valence-corrected chi connectivity index (χ2v) is 6.73. The van der Waals surface area contributed by atoms with Crippen LogP contribution in [0, 0.1) is 0 Å². The van der Waals surface area contributed by atoms with Crippen LogP contribution >= 0.6 is 0 Å². The second kappa shape index (κ2) is 10.2. The summed E-state index contributed by atoms with van der Waals surface area (Å²) in [6, 6.07) is 0.885. The fourth-order valence-corrected chi connectivity index (χ4v) is 2.59. The van der Waals surface area contributed by atoms with Crippen molar-refractivity contribution in [3.63, 3.8) is 0 Å². The lowest BCUT2D eigenvalue weighted by Gasteiger charge is -2.23. The summed E-state index contributed by atoms with van der Waals surface area (Å²) in [5.74, 6) is 0. The van der Waals surface area contributed by atoms with Gasteiger partial charge in [0.2, 0.25) is 0 Å². The topological polar surface area (TPSA) is 51.2 Å². The van der Waals surface area contributed by atoms with Gasteiger partial charge in [-0.1, -0.05) is 13.3 Å². The Labute approximate surface area is 101 Å². The maximum absolute atomic E-state index is 8.56. The van der Waals surface area contributed by atoms with Crippen LogP contribution in [0.15, 0.2) is 0 Å². The van der Waals surface area contributed by atoms with Crippen molar-refractivity contribution in [3.05, 3.63) is 0 Å². The first-order valence-electron chi connectivity index (χ1n) is 5.39. The monoisotopic (exact) mass is 253 g/mol. The van der Waals surface area contributed by atoms with Gasteiger partial charge in [-0.3, -0.25) is 4.90 Å². The van der Waals surface area contributed by atoms with E-state index in [-0.39, 0.29) is 6.23 Å². The summed E-state index contributed by atoms with van der Waals surface area (Å²) in [4.78, 5) is 1.72. The van der Waals surface area contributed by atoms with Gasteiger partial charge in [0.15, 0.2) is 0 Å². The fraction of sp³-hybridized carbons (Fsp3) is 1.00. The first-order valence-corrected chi connectivity index (χ1v) is 7.32. The van der Waals surface area contributed by atoms with E-state index in [2.05, 4.69) is 6.92 Å². The van der Waals surface area contributed by atoms with Gasteiger partial charge in [-0.25, -0.2) is 0 Å². The summed E-state index contributed by atoms with van der Waals surface area (Å²) in [7, 11) is 6.33. The molecule has 1 N–H and O–H groups in total. The van der Waals surface area contributed by atoms with Crippen LogP contribution in [-0.4, -0.2) is 60.5 Å². The smallest absolute Gasteiger partial charge is 0.379 e. The Morgan fingerprint density at radius 1 is 1.12 bits per heavy atom. The molecule has 0 amide bonds. The van der Waals surface area contributed by atoms with Gasteiger partial charge in [0.25, 0.3) is 0 Å². The summed E-state index contributed by atoms with van der Waals surface area (Å²) in [6.07, 6.45) is 0.715. The van der Waals surface area contributed by atoms with Gasteiger partial charge in [-0.05, 0) is 21.0 Å². The molecule has 1 atom stereocenters. The van der Waals surface area contributed by atoms with Crippen LogP contribution in [0.25, 0.3) is 0 Å². The van der Waals surface area contributed by atoms with Gasteiger partial charge < -0.3 is 18.4 Å². The third-order valence-corrected chi connectivity index (χ3v) is 5.21. The van der Waals surface area contributed by atoms with Gasteiger partial charge in [-0.15, -0.1) is 0 Å². The Bertz CT molecular complexity index is 137. The number of aliphatic hydroxyl groups is 1. The Morgan fingerprint density at radius 3 is 1.50 bits per heavy atom. The number of nitrogens with zero attached hydrogens (tertiary/aromatic N) is 1. The Morgan fingerprint density at radius 2 is 1.44 bits per heavy atom. The van der Waals surface area contributed by atoms with Gasteiger partial charge in [0.1, 0.15) is 6.23 Å². The predicted octanol–water partition coefficient (Wildman–Crippen LogP) is 1.16. The van der Waals surface area contributed by atoms with Crippen molar-refractivity contribution in [1.82, 2.24) is 4.90 Å². The quantitative estimate of drug-likeness (QED) is 0.569. The minimum absolute atomic E-state index is 0.315. The van der Waals surface area contributed by atoms with Gasteiger partial charge in [0.05, 0.1) is 0 Å². The van der Waals surface area contributed by atoms with Crippen molar-refractivity contribution in [1.29, 1.82) is 0 Å². The highest BCUT2D eigenvalue weighted by Crippen LogP contribution is 2.13. The van der Waals surface area contributed by atoms with Crippen molar-refractivity contribution in [2.45, 2.75) is 32.5 Å². The van der Waals surface area contributed by atoms with Crippen molar-refractivity contribution in [2.75, 3.05) is 35.4 Å². The molecule has 6 heteroatoms. The molecule has 0 rings (SSSR count). The molecular weight excluding hydrogens is 226 g/mol. The molecule has 0 aliphatic carbocycles. The SMILES string of the molecule is CC(O)N(C)C.CCC[Si](OC)(OC)OC. The average Bonchev–Trinajstić information content (AvgIpc) is 2.27. The number of rotatable bonds is 6. The zero-order valence-corrected chi connectivity index (χ0v) is 12.6. The highest BCUT2D eigenvalue weighted by molar-refractivity contribution is 6.60. The Balaban J connectivity index is 0. The molecule has 0 saturated carbocycles. The Hall–Kier alpha value is 0.0169. The molecule has 0 radical (unpaired) electrons. The normalized spacial score (nSPS) is 13.3. The molecule has 0 bridgehead atoms. The predicted molar refractivity (Wildman–Crippen MR) is 67.2 cm³/mol. The zero-order chi connectivity index (χ0) is 13.2. The first-order chi connectivity index (χ1) is 7.39. The molecule has 0 fully saturated rings. The van der Waals surface area contributed by atoms with Crippen LogP contribution in [0.1, 0.15) is 20.3 Å². The van der Waals surface area contributed by atoms with Crippen molar-refractivity contribution < 1.29 is 18.4 Å². The third kappa shape index (κ3) is 8.20. The molecule has 1 unspecified atom stereocenters. The molecule has 0 aliphatic rings. The van der Waals surface area contributed by atoms with Crippen molar-refractivity contribution in [2.24, 2.45) is 0 Å². The van der Waals surface area contributed by atoms with Crippen molar-refractivity contribution >= 4 is 8.80 Å².